The first kappa shape index (κ1) is 15.7. The van der Waals surface area contributed by atoms with Crippen LogP contribution >= 0.6 is 0 Å². The maximum atomic E-state index is 12.1. The van der Waals surface area contributed by atoms with Crippen molar-refractivity contribution in [3.63, 3.8) is 0 Å². The molecule has 1 aliphatic heterocycles. The van der Waals surface area contributed by atoms with Crippen LogP contribution in [-0.4, -0.2) is 54.0 Å². The quantitative estimate of drug-likeness (QED) is 0.828. The number of hydrogen-bond donors (Lipinski definition) is 2. The molecule has 1 unspecified atom stereocenters. The van der Waals surface area contributed by atoms with Gasteiger partial charge in [0.1, 0.15) is 11.5 Å². The highest BCUT2D eigenvalue weighted by Crippen LogP contribution is 2.14. The van der Waals surface area contributed by atoms with E-state index >= 15 is 0 Å². The molecule has 0 aliphatic carbocycles. The standard InChI is InChI=1S/C15H25N5O/c1-3-6-17-14-10-16-9-13(19-14)15(21)18-8-12-5-4-7-20(2)11-12/h9-10,12H,3-8,11H2,1-2H3,(H,17,19)(H,18,21). The number of nitrogens with zero attached hydrogens (tertiary/aromatic N) is 3. The fraction of sp³-hybridized carbons (Fsp3) is 0.667. The minimum absolute atomic E-state index is 0.143. The largest absolute Gasteiger partial charge is 0.369 e. The monoisotopic (exact) mass is 291 g/mol. The summed E-state index contributed by atoms with van der Waals surface area (Å²) in [6, 6.07) is 0. The van der Waals surface area contributed by atoms with Crippen molar-refractivity contribution in [2.24, 2.45) is 5.92 Å². The summed E-state index contributed by atoms with van der Waals surface area (Å²) in [5.41, 5.74) is 0.375. The molecule has 2 heterocycles. The van der Waals surface area contributed by atoms with Crippen LogP contribution in [0.4, 0.5) is 5.82 Å². The molecule has 1 fully saturated rings. The van der Waals surface area contributed by atoms with Crippen molar-refractivity contribution in [1.29, 1.82) is 0 Å². The van der Waals surface area contributed by atoms with Gasteiger partial charge in [-0.05, 0) is 38.8 Å². The van der Waals surface area contributed by atoms with Gasteiger partial charge < -0.3 is 15.5 Å². The number of piperidine rings is 1. The van der Waals surface area contributed by atoms with Crippen molar-refractivity contribution in [3.8, 4) is 0 Å². The first-order chi connectivity index (χ1) is 10.2. The summed E-state index contributed by atoms with van der Waals surface area (Å²) in [6.07, 6.45) is 6.54. The maximum Gasteiger partial charge on any atom is 0.271 e. The fourth-order valence-electron chi connectivity index (χ4n) is 2.58. The Morgan fingerprint density at radius 2 is 2.33 bits per heavy atom. The number of rotatable bonds is 6. The van der Waals surface area contributed by atoms with Gasteiger partial charge in [0.15, 0.2) is 0 Å². The maximum absolute atomic E-state index is 12.1. The lowest BCUT2D eigenvalue weighted by Gasteiger charge is -2.29. The molecule has 116 valence electrons. The van der Waals surface area contributed by atoms with Crippen LogP contribution in [-0.2, 0) is 0 Å². The molecule has 0 saturated carbocycles. The minimum atomic E-state index is -0.143. The third-order valence-corrected chi connectivity index (χ3v) is 3.70. The van der Waals surface area contributed by atoms with E-state index in [1.54, 1.807) is 6.20 Å². The number of hydrogen-bond acceptors (Lipinski definition) is 5. The molecule has 0 radical (unpaired) electrons. The first-order valence-corrected chi connectivity index (χ1v) is 7.71. The van der Waals surface area contributed by atoms with Crippen LogP contribution < -0.4 is 10.6 Å². The molecule has 2 N–H and O–H groups in total. The summed E-state index contributed by atoms with van der Waals surface area (Å²) >= 11 is 0. The lowest BCUT2D eigenvalue weighted by Crippen LogP contribution is -2.39. The van der Waals surface area contributed by atoms with Gasteiger partial charge in [-0.15, -0.1) is 0 Å². The van der Waals surface area contributed by atoms with Crippen LogP contribution in [0.15, 0.2) is 12.4 Å². The molecule has 1 aromatic heterocycles. The summed E-state index contributed by atoms with van der Waals surface area (Å²) in [5.74, 6) is 1.04. The van der Waals surface area contributed by atoms with Gasteiger partial charge in [0.05, 0.1) is 12.4 Å². The number of nitrogens with one attached hydrogen (secondary N) is 2. The molecular weight excluding hydrogens is 266 g/mol. The predicted octanol–water partition coefficient (Wildman–Crippen LogP) is 1.37. The topological polar surface area (TPSA) is 70.2 Å². The smallest absolute Gasteiger partial charge is 0.271 e. The van der Waals surface area contributed by atoms with Gasteiger partial charge in [-0.25, -0.2) is 4.98 Å². The van der Waals surface area contributed by atoms with Crippen molar-refractivity contribution in [2.45, 2.75) is 26.2 Å². The highest BCUT2D eigenvalue weighted by atomic mass is 16.1. The van der Waals surface area contributed by atoms with Crippen LogP contribution in [0.1, 0.15) is 36.7 Å². The zero-order chi connectivity index (χ0) is 15.1. The van der Waals surface area contributed by atoms with E-state index < -0.39 is 0 Å². The Labute approximate surface area is 126 Å². The number of aromatic nitrogens is 2. The van der Waals surface area contributed by atoms with E-state index in [9.17, 15) is 4.79 Å². The lowest BCUT2D eigenvalue weighted by molar-refractivity contribution is 0.0931. The van der Waals surface area contributed by atoms with Crippen LogP contribution in [0.25, 0.3) is 0 Å². The fourth-order valence-corrected chi connectivity index (χ4v) is 2.58. The molecule has 1 atom stereocenters. The molecule has 6 heteroatoms. The van der Waals surface area contributed by atoms with Crippen LogP contribution in [0, 0.1) is 5.92 Å². The molecule has 21 heavy (non-hydrogen) atoms. The highest BCUT2D eigenvalue weighted by Gasteiger charge is 2.18. The Hall–Kier alpha value is -1.69. The Kier molecular flexibility index (Phi) is 5.92. The van der Waals surface area contributed by atoms with Crippen LogP contribution in [0.3, 0.4) is 0 Å². The third kappa shape index (κ3) is 4.97. The van der Waals surface area contributed by atoms with E-state index in [4.69, 9.17) is 0 Å². The number of likely N-dealkylation sites (tertiary alicyclic amines) is 1. The molecule has 0 spiro atoms. The molecule has 0 bridgehead atoms. The minimum Gasteiger partial charge on any atom is -0.369 e. The van der Waals surface area contributed by atoms with E-state index in [0.717, 1.165) is 26.1 Å². The molecule has 1 aromatic rings. The number of anilines is 1. The second-order valence-electron chi connectivity index (χ2n) is 5.70. The molecular formula is C15H25N5O. The van der Waals surface area contributed by atoms with Gasteiger partial charge in [0, 0.05) is 19.6 Å². The zero-order valence-electron chi connectivity index (χ0n) is 12.9. The molecule has 2 rings (SSSR count). The van der Waals surface area contributed by atoms with Gasteiger partial charge in [-0.3, -0.25) is 9.78 Å². The average molecular weight is 291 g/mol. The number of carbonyl (C=O) groups excluding carboxylic acids is 1. The Morgan fingerprint density at radius 1 is 1.48 bits per heavy atom. The van der Waals surface area contributed by atoms with Crippen molar-refractivity contribution < 1.29 is 4.79 Å². The highest BCUT2D eigenvalue weighted by molar-refractivity contribution is 5.92. The van der Waals surface area contributed by atoms with Gasteiger partial charge in [-0.2, -0.15) is 0 Å². The zero-order valence-corrected chi connectivity index (χ0v) is 12.9. The van der Waals surface area contributed by atoms with E-state index in [0.29, 0.717) is 24.0 Å². The Morgan fingerprint density at radius 3 is 3.10 bits per heavy atom. The van der Waals surface area contributed by atoms with Crippen LogP contribution in [0.2, 0.25) is 0 Å². The predicted molar refractivity (Wildman–Crippen MR) is 83.4 cm³/mol. The third-order valence-electron chi connectivity index (χ3n) is 3.70. The van der Waals surface area contributed by atoms with Crippen LogP contribution in [0.5, 0.6) is 0 Å². The molecule has 1 aliphatic rings. The van der Waals surface area contributed by atoms with Crippen molar-refractivity contribution in [1.82, 2.24) is 20.2 Å². The normalized spacial score (nSPS) is 19.2. The second-order valence-corrected chi connectivity index (χ2v) is 5.70. The van der Waals surface area contributed by atoms with Crippen molar-refractivity contribution in [3.05, 3.63) is 18.1 Å². The van der Waals surface area contributed by atoms with Crippen molar-refractivity contribution in [2.75, 3.05) is 38.5 Å². The first-order valence-electron chi connectivity index (χ1n) is 7.71. The van der Waals surface area contributed by atoms with E-state index in [-0.39, 0.29) is 5.91 Å². The summed E-state index contributed by atoms with van der Waals surface area (Å²) in [6.45, 7) is 5.81. The lowest BCUT2D eigenvalue weighted by atomic mass is 9.98. The Bertz CT molecular complexity index is 465. The summed E-state index contributed by atoms with van der Waals surface area (Å²) in [7, 11) is 2.13. The van der Waals surface area contributed by atoms with Gasteiger partial charge >= 0.3 is 0 Å². The van der Waals surface area contributed by atoms with Gasteiger partial charge in [0.2, 0.25) is 0 Å². The molecule has 6 nitrogen and oxygen atoms in total. The summed E-state index contributed by atoms with van der Waals surface area (Å²) in [5, 5.41) is 6.12. The van der Waals surface area contributed by atoms with E-state index in [1.807, 2.05) is 0 Å². The van der Waals surface area contributed by atoms with Gasteiger partial charge in [0.25, 0.3) is 5.91 Å². The second kappa shape index (κ2) is 7.93. The molecule has 1 amide bonds. The number of carbonyl (C=O) groups is 1. The molecule has 1 saturated heterocycles. The van der Waals surface area contributed by atoms with E-state index in [2.05, 4.69) is 39.5 Å². The molecule has 0 aromatic carbocycles. The summed E-state index contributed by atoms with van der Waals surface area (Å²) < 4.78 is 0. The summed E-state index contributed by atoms with van der Waals surface area (Å²) in [4.78, 5) is 22.8. The van der Waals surface area contributed by atoms with Crippen molar-refractivity contribution >= 4 is 11.7 Å². The SMILES string of the molecule is CCCNc1cncc(C(=O)NCC2CCCN(C)C2)n1. The van der Waals surface area contributed by atoms with E-state index in [1.165, 1.54) is 19.0 Å². The average Bonchev–Trinajstić information content (AvgIpc) is 2.51. The Balaban J connectivity index is 1.85. The van der Waals surface area contributed by atoms with Gasteiger partial charge in [-0.1, -0.05) is 6.92 Å². The number of amides is 1.